The van der Waals surface area contributed by atoms with Crippen molar-refractivity contribution in [2.75, 3.05) is 13.1 Å². The van der Waals surface area contributed by atoms with E-state index in [4.69, 9.17) is 5.73 Å². The van der Waals surface area contributed by atoms with E-state index >= 15 is 0 Å². The smallest absolute Gasteiger partial charge is 0.255 e. The van der Waals surface area contributed by atoms with Crippen molar-refractivity contribution in [2.24, 2.45) is 5.73 Å². The molecule has 2 amide bonds. The lowest BCUT2D eigenvalue weighted by molar-refractivity contribution is -0.127. The predicted octanol–water partition coefficient (Wildman–Crippen LogP) is 0.833. The fraction of sp³-hybridized carbons (Fsp3) is 0.333. The topological polar surface area (TPSA) is 126 Å². The highest BCUT2D eigenvalue weighted by molar-refractivity contribution is 5.97. The molecule has 0 spiro atoms. The molecule has 0 radical (unpaired) electrons. The van der Waals surface area contributed by atoms with Gasteiger partial charge in [-0.3, -0.25) is 14.5 Å². The highest BCUT2D eigenvalue weighted by Gasteiger charge is 2.28. The number of rotatable bonds is 8. The molecule has 1 aromatic carbocycles. The minimum atomic E-state index is -1.54. The molecule has 33 heavy (non-hydrogen) atoms. The summed E-state index contributed by atoms with van der Waals surface area (Å²) >= 11 is 0. The largest absolute Gasteiger partial charge is 0.381 e. The molecule has 1 aliphatic rings. The highest BCUT2D eigenvalue weighted by Crippen LogP contribution is 2.20. The molecule has 4 rings (SSSR count). The van der Waals surface area contributed by atoms with Crippen molar-refractivity contribution in [3.63, 3.8) is 0 Å². The number of carbonyl (C=O) groups is 2. The molecule has 2 unspecified atom stereocenters. The Bertz CT molecular complexity index is 1130. The van der Waals surface area contributed by atoms with Crippen LogP contribution in [0.4, 0.5) is 0 Å². The van der Waals surface area contributed by atoms with E-state index in [2.05, 4.69) is 27.2 Å². The number of nitrogens with one attached hydrogen (secondary N) is 1. The molecule has 4 N–H and O–H groups in total. The first-order chi connectivity index (χ1) is 16.0. The SMILES string of the molecule is CCN1CCc2cn(-c3ncccc3C(=O)NC(Cc3ccccc3)C(O)C(N)=O)nc2C1. The summed E-state index contributed by atoms with van der Waals surface area (Å²) in [7, 11) is 0. The van der Waals surface area contributed by atoms with Gasteiger partial charge in [-0.2, -0.15) is 5.10 Å². The molecule has 2 atom stereocenters. The van der Waals surface area contributed by atoms with Crippen LogP contribution in [-0.2, 0) is 24.2 Å². The summed E-state index contributed by atoms with van der Waals surface area (Å²) in [5.74, 6) is -0.981. The van der Waals surface area contributed by atoms with Crippen LogP contribution in [0, 0.1) is 0 Å². The Kier molecular flexibility index (Phi) is 6.81. The maximum atomic E-state index is 13.2. The number of carbonyl (C=O) groups excluding carboxylic acids is 2. The van der Waals surface area contributed by atoms with Crippen LogP contribution in [0.3, 0.4) is 0 Å². The Morgan fingerprint density at radius 1 is 1.21 bits per heavy atom. The van der Waals surface area contributed by atoms with Crippen LogP contribution in [0.5, 0.6) is 0 Å². The van der Waals surface area contributed by atoms with Gasteiger partial charge in [0.2, 0.25) is 5.91 Å². The van der Waals surface area contributed by atoms with Gasteiger partial charge >= 0.3 is 0 Å². The van der Waals surface area contributed by atoms with E-state index in [1.165, 1.54) is 0 Å². The van der Waals surface area contributed by atoms with E-state index in [1.807, 2.05) is 36.5 Å². The van der Waals surface area contributed by atoms with Crippen LogP contribution in [0.15, 0.2) is 54.9 Å². The van der Waals surface area contributed by atoms with Crippen LogP contribution >= 0.6 is 0 Å². The first-order valence-electron chi connectivity index (χ1n) is 11.0. The Labute approximate surface area is 192 Å². The second-order valence-electron chi connectivity index (χ2n) is 8.16. The minimum Gasteiger partial charge on any atom is -0.381 e. The Morgan fingerprint density at radius 2 is 2.00 bits per heavy atom. The van der Waals surface area contributed by atoms with Gasteiger partial charge in [0.15, 0.2) is 11.9 Å². The van der Waals surface area contributed by atoms with Gasteiger partial charge in [0.25, 0.3) is 5.91 Å². The number of benzene rings is 1. The van der Waals surface area contributed by atoms with E-state index in [1.54, 1.807) is 23.0 Å². The van der Waals surface area contributed by atoms with Gasteiger partial charge in [0, 0.05) is 25.5 Å². The fourth-order valence-electron chi connectivity index (χ4n) is 4.05. The van der Waals surface area contributed by atoms with Gasteiger partial charge in [-0.25, -0.2) is 9.67 Å². The molecule has 9 nitrogen and oxygen atoms in total. The van der Waals surface area contributed by atoms with Crippen molar-refractivity contribution >= 4 is 11.8 Å². The number of aromatic nitrogens is 3. The van der Waals surface area contributed by atoms with Gasteiger partial charge in [-0.15, -0.1) is 0 Å². The number of nitrogens with zero attached hydrogens (tertiary/aromatic N) is 4. The number of primary amides is 1. The molecule has 0 saturated carbocycles. The molecule has 3 aromatic rings. The zero-order valence-electron chi connectivity index (χ0n) is 18.5. The van der Waals surface area contributed by atoms with Crippen molar-refractivity contribution in [1.82, 2.24) is 25.0 Å². The molecule has 0 bridgehead atoms. The van der Waals surface area contributed by atoms with Gasteiger partial charge in [0.05, 0.1) is 17.3 Å². The maximum absolute atomic E-state index is 13.2. The number of likely N-dealkylation sites (N-methyl/N-ethyl adjacent to an activating group) is 1. The van der Waals surface area contributed by atoms with Crippen molar-refractivity contribution in [1.29, 1.82) is 0 Å². The maximum Gasteiger partial charge on any atom is 0.255 e. The summed E-state index contributed by atoms with van der Waals surface area (Å²) in [5.41, 5.74) is 8.60. The number of amides is 2. The average molecular weight is 449 g/mol. The lowest BCUT2D eigenvalue weighted by Gasteiger charge is -2.23. The summed E-state index contributed by atoms with van der Waals surface area (Å²) in [4.78, 5) is 31.6. The van der Waals surface area contributed by atoms with Gasteiger partial charge in [-0.05, 0) is 42.6 Å². The molecular formula is C24H28N6O3. The molecule has 1 aliphatic heterocycles. The molecular weight excluding hydrogens is 420 g/mol. The third-order valence-electron chi connectivity index (χ3n) is 5.93. The normalized spacial score (nSPS) is 15.5. The minimum absolute atomic E-state index is 0.245. The van der Waals surface area contributed by atoms with Gasteiger partial charge in [-0.1, -0.05) is 37.3 Å². The van der Waals surface area contributed by atoms with Crippen LogP contribution in [-0.4, -0.2) is 61.8 Å². The van der Waals surface area contributed by atoms with Crippen molar-refractivity contribution < 1.29 is 14.7 Å². The molecule has 3 heterocycles. The fourth-order valence-corrected chi connectivity index (χ4v) is 4.05. The zero-order chi connectivity index (χ0) is 23.4. The number of hydrogen-bond donors (Lipinski definition) is 3. The summed E-state index contributed by atoms with van der Waals surface area (Å²) in [6.45, 7) is 4.80. The summed E-state index contributed by atoms with van der Waals surface area (Å²) in [6, 6.07) is 11.7. The Hall–Kier alpha value is -3.56. The summed E-state index contributed by atoms with van der Waals surface area (Å²) in [6.07, 6.45) is 3.12. The lowest BCUT2D eigenvalue weighted by Crippen LogP contribution is -2.50. The molecule has 2 aromatic heterocycles. The monoisotopic (exact) mass is 448 g/mol. The van der Waals surface area contributed by atoms with Crippen LogP contribution in [0.1, 0.15) is 34.1 Å². The van der Waals surface area contributed by atoms with E-state index < -0.39 is 24.0 Å². The number of hydrogen-bond acceptors (Lipinski definition) is 6. The lowest BCUT2D eigenvalue weighted by atomic mass is 10.0. The van der Waals surface area contributed by atoms with Gasteiger partial charge in [0.1, 0.15) is 0 Å². The number of nitrogens with two attached hydrogens (primary N) is 1. The average Bonchev–Trinajstić information content (AvgIpc) is 3.27. The second kappa shape index (κ2) is 9.93. The Morgan fingerprint density at radius 3 is 2.73 bits per heavy atom. The van der Waals surface area contributed by atoms with Crippen molar-refractivity contribution in [2.45, 2.75) is 38.5 Å². The standard InChI is InChI=1S/C24H28N6O3/c1-2-29-12-10-17-14-30(28-20(17)15-29)23-18(9-6-11-26-23)24(33)27-19(21(31)22(25)32)13-16-7-4-3-5-8-16/h3-9,11,14,19,21,31H,2,10,12-13,15H2,1H3,(H2,25,32)(H,27,33). The first kappa shape index (κ1) is 22.6. The quantitative estimate of drug-likeness (QED) is 0.469. The van der Waals surface area contributed by atoms with E-state index in [0.717, 1.165) is 42.9 Å². The third kappa shape index (κ3) is 5.10. The number of fused-ring (bicyclic) bond motifs is 1. The first-order valence-corrected chi connectivity index (χ1v) is 11.0. The zero-order valence-corrected chi connectivity index (χ0v) is 18.5. The predicted molar refractivity (Wildman–Crippen MR) is 123 cm³/mol. The molecule has 0 fully saturated rings. The highest BCUT2D eigenvalue weighted by atomic mass is 16.3. The van der Waals surface area contributed by atoms with E-state index in [-0.39, 0.29) is 6.42 Å². The van der Waals surface area contributed by atoms with E-state index in [0.29, 0.717) is 11.4 Å². The summed E-state index contributed by atoms with van der Waals surface area (Å²) in [5, 5.41) is 17.8. The third-order valence-corrected chi connectivity index (χ3v) is 5.93. The van der Waals surface area contributed by atoms with Crippen molar-refractivity contribution in [3.05, 3.63) is 77.2 Å². The number of aliphatic hydroxyl groups excluding tert-OH is 1. The van der Waals surface area contributed by atoms with Crippen LogP contribution in [0.2, 0.25) is 0 Å². The summed E-state index contributed by atoms with van der Waals surface area (Å²) < 4.78 is 1.63. The van der Waals surface area contributed by atoms with Crippen molar-refractivity contribution in [3.8, 4) is 5.82 Å². The van der Waals surface area contributed by atoms with Crippen LogP contribution < -0.4 is 11.1 Å². The molecule has 9 heteroatoms. The molecule has 0 aliphatic carbocycles. The Balaban J connectivity index is 1.60. The van der Waals surface area contributed by atoms with Crippen LogP contribution in [0.25, 0.3) is 5.82 Å². The molecule has 172 valence electrons. The molecule has 0 saturated heterocycles. The number of aliphatic hydroxyl groups is 1. The second-order valence-corrected chi connectivity index (χ2v) is 8.16. The van der Waals surface area contributed by atoms with Gasteiger partial charge < -0.3 is 16.2 Å². The number of pyridine rings is 1. The van der Waals surface area contributed by atoms with E-state index in [9.17, 15) is 14.7 Å².